The highest BCUT2D eigenvalue weighted by Crippen LogP contribution is 2.26. The van der Waals surface area contributed by atoms with Crippen LogP contribution in [0, 0.1) is 6.92 Å². The summed E-state index contributed by atoms with van der Waals surface area (Å²) in [5.74, 6) is 0.407. The Labute approximate surface area is 119 Å². The van der Waals surface area contributed by atoms with Gasteiger partial charge in [0.2, 0.25) is 0 Å². The van der Waals surface area contributed by atoms with Crippen molar-refractivity contribution in [3.8, 4) is 5.69 Å². The van der Waals surface area contributed by atoms with Crippen molar-refractivity contribution in [2.75, 3.05) is 12.3 Å². The molecule has 6 heteroatoms. The molecule has 0 atom stereocenters. The number of hydrogen-bond acceptors (Lipinski definition) is 4. The Bertz CT molecular complexity index is 622. The number of nitrogens with two attached hydrogens (primary N) is 1. The van der Waals surface area contributed by atoms with E-state index in [2.05, 4.69) is 20.9 Å². The lowest BCUT2D eigenvalue weighted by atomic mass is 10.3. The molecule has 0 unspecified atom stereocenters. The van der Waals surface area contributed by atoms with Gasteiger partial charge in [0.05, 0.1) is 12.3 Å². The summed E-state index contributed by atoms with van der Waals surface area (Å²) >= 11 is 3.46. The molecule has 1 aromatic carbocycles. The van der Waals surface area contributed by atoms with Gasteiger partial charge in [0.15, 0.2) is 5.69 Å². The van der Waals surface area contributed by atoms with E-state index < -0.39 is 5.97 Å². The van der Waals surface area contributed by atoms with E-state index in [1.165, 1.54) is 0 Å². The number of halogens is 1. The molecule has 1 aromatic heterocycles. The van der Waals surface area contributed by atoms with E-state index >= 15 is 0 Å². The first-order chi connectivity index (χ1) is 9.06. The Morgan fingerprint density at radius 2 is 2.16 bits per heavy atom. The van der Waals surface area contributed by atoms with E-state index in [9.17, 15) is 4.79 Å². The minimum Gasteiger partial charge on any atom is -0.461 e. The standard InChI is InChI=1S/C13H14BrN3O2/c1-3-19-13(18)11-12(15)17(8(2)16-11)10-7-5-4-6-9(10)14/h4-7H,3,15H2,1-2H3. The van der Waals surface area contributed by atoms with Gasteiger partial charge >= 0.3 is 5.97 Å². The molecule has 1 heterocycles. The number of aryl methyl sites for hydroxylation is 1. The number of carbonyl (C=O) groups is 1. The van der Waals surface area contributed by atoms with Crippen molar-refractivity contribution >= 4 is 27.7 Å². The maximum absolute atomic E-state index is 11.8. The molecule has 0 fully saturated rings. The minimum atomic E-state index is -0.506. The molecular formula is C13H14BrN3O2. The van der Waals surface area contributed by atoms with Gasteiger partial charge in [0, 0.05) is 4.47 Å². The number of imidazole rings is 1. The minimum absolute atomic E-state index is 0.148. The zero-order valence-corrected chi connectivity index (χ0v) is 12.3. The topological polar surface area (TPSA) is 70.1 Å². The Balaban J connectivity index is 2.54. The van der Waals surface area contributed by atoms with Crippen molar-refractivity contribution in [1.29, 1.82) is 0 Å². The van der Waals surface area contributed by atoms with Gasteiger partial charge in [-0.15, -0.1) is 0 Å². The lowest BCUT2D eigenvalue weighted by molar-refractivity contribution is 0.0521. The number of rotatable bonds is 3. The number of anilines is 1. The first-order valence-electron chi connectivity index (χ1n) is 5.83. The fourth-order valence-corrected chi connectivity index (χ4v) is 2.30. The average molecular weight is 324 g/mol. The smallest absolute Gasteiger partial charge is 0.360 e. The molecule has 5 nitrogen and oxygen atoms in total. The number of nitrogen functional groups attached to an aromatic ring is 1. The van der Waals surface area contributed by atoms with Crippen molar-refractivity contribution in [2.24, 2.45) is 0 Å². The number of benzene rings is 1. The van der Waals surface area contributed by atoms with E-state index in [1.807, 2.05) is 24.3 Å². The van der Waals surface area contributed by atoms with E-state index in [-0.39, 0.29) is 11.5 Å². The normalized spacial score (nSPS) is 10.5. The summed E-state index contributed by atoms with van der Waals surface area (Å²) in [4.78, 5) is 15.9. The van der Waals surface area contributed by atoms with Crippen LogP contribution >= 0.6 is 15.9 Å². The molecule has 0 spiro atoms. The Hall–Kier alpha value is -1.82. The number of carbonyl (C=O) groups excluding carboxylic acids is 1. The molecule has 0 radical (unpaired) electrons. The molecule has 0 aliphatic heterocycles. The molecule has 0 aliphatic carbocycles. The third kappa shape index (κ3) is 2.49. The first kappa shape index (κ1) is 13.6. The van der Waals surface area contributed by atoms with Crippen LogP contribution in [0.25, 0.3) is 5.69 Å². The molecule has 0 amide bonds. The second kappa shape index (κ2) is 5.44. The van der Waals surface area contributed by atoms with Crippen LogP contribution in [0.1, 0.15) is 23.2 Å². The van der Waals surface area contributed by atoms with Crippen LogP contribution < -0.4 is 5.73 Å². The monoisotopic (exact) mass is 323 g/mol. The molecule has 0 bridgehead atoms. The molecule has 0 aliphatic rings. The highest BCUT2D eigenvalue weighted by molar-refractivity contribution is 9.10. The highest BCUT2D eigenvalue weighted by Gasteiger charge is 2.21. The largest absolute Gasteiger partial charge is 0.461 e. The summed E-state index contributed by atoms with van der Waals surface area (Å²) in [6.45, 7) is 3.82. The number of para-hydroxylation sites is 1. The van der Waals surface area contributed by atoms with Crippen LogP contribution in [-0.2, 0) is 4.74 Å². The molecule has 2 N–H and O–H groups in total. The molecule has 19 heavy (non-hydrogen) atoms. The van der Waals surface area contributed by atoms with Crippen LogP contribution in [0.15, 0.2) is 28.7 Å². The van der Waals surface area contributed by atoms with Gasteiger partial charge in [0.25, 0.3) is 0 Å². The Morgan fingerprint density at radius 3 is 2.79 bits per heavy atom. The SMILES string of the molecule is CCOC(=O)c1nc(C)n(-c2ccccc2Br)c1N. The van der Waals surface area contributed by atoms with Crippen molar-refractivity contribution in [3.63, 3.8) is 0 Å². The summed E-state index contributed by atoms with van der Waals surface area (Å²) in [7, 11) is 0. The fraction of sp³-hybridized carbons (Fsp3) is 0.231. The van der Waals surface area contributed by atoms with Crippen LogP contribution in [0.3, 0.4) is 0 Å². The third-order valence-corrected chi connectivity index (χ3v) is 3.31. The van der Waals surface area contributed by atoms with Gasteiger partial charge in [0.1, 0.15) is 11.6 Å². The molecular weight excluding hydrogens is 310 g/mol. The lowest BCUT2D eigenvalue weighted by Crippen LogP contribution is -2.09. The zero-order chi connectivity index (χ0) is 14.0. The number of nitrogens with zero attached hydrogens (tertiary/aromatic N) is 2. The summed E-state index contributed by atoms with van der Waals surface area (Å²) < 4.78 is 7.53. The van der Waals surface area contributed by atoms with Crippen molar-refractivity contribution < 1.29 is 9.53 Å². The summed E-state index contributed by atoms with van der Waals surface area (Å²) in [6.07, 6.45) is 0. The lowest BCUT2D eigenvalue weighted by Gasteiger charge is -2.09. The molecule has 0 saturated carbocycles. The van der Waals surface area contributed by atoms with Crippen molar-refractivity contribution in [3.05, 3.63) is 40.3 Å². The first-order valence-corrected chi connectivity index (χ1v) is 6.62. The molecule has 2 aromatic rings. The van der Waals surface area contributed by atoms with Crippen molar-refractivity contribution in [2.45, 2.75) is 13.8 Å². The highest BCUT2D eigenvalue weighted by atomic mass is 79.9. The number of aromatic nitrogens is 2. The maximum atomic E-state index is 11.8. The second-order valence-corrected chi connectivity index (χ2v) is 4.75. The second-order valence-electron chi connectivity index (χ2n) is 3.90. The van der Waals surface area contributed by atoms with Crippen molar-refractivity contribution in [1.82, 2.24) is 9.55 Å². The summed E-state index contributed by atoms with van der Waals surface area (Å²) in [5, 5.41) is 0. The predicted octanol–water partition coefficient (Wildman–Crippen LogP) is 2.70. The van der Waals surface area contributed by atoms with Gasteiger partial charge in [-0.05, 0) is 41.9 Å². The zero-order valence-electron chi connectivity index (χ0n) is 10.7. The van der Waals surface area contributed by atoms with Gasteiger partial charge in [-0.25, -0.2) is 9.78 Å². The molecule has 100 valence electrons. The van der Waals surface area contributed by atoms with Crippen LogP contribution in [-0.4, -0.2) is 22.1 Å². The number of ether oxygens (including phenoxy) is 1. The van der Waals surface area contributed by atoms with E-state index in [4.69, 9.17) is 10.5 Å². The Morgan fingerprint density at radius 1 is 1.47 bits per heavy atom. The predicted molar refractivity (Wildman–Crippen MR) is 76.4 cm³/mol. The Kier molecular flexibility index (Phi) is 3.90. The van der Waals surface area contributed by atoms with E-state index in [0.29, 0.717) is 12.4 Å². The maximum Gasteiger partial charge on any atom is 0.360 e. The number of hydrogen-bond donors (Lipinski definition) is 1. The van der Waals surface area contributed by atoms with Gasteiger partial charge in [-0.2, -0.15) is 0 Å². The molecule has 0 saturated heterocycles. The third-order valence-electron chi connectivity index (χ3n) is 2.64. The van der Waals surface area contributed by atoms with Gasteiger partial charge in [-0.1, -0.05) is 12.1 Å². The van der Waals surface area contributed by atoms with Gasteiger partial charge < -0.3 is 10.5 Å². The van der Waals surface area contributed by atoms with Crippen LogP contribution in [0.4, 0.5) is 5.82 Å². The van der Waals surface area contributed by atoms with Crippen LogP contribution in [0.2, 0.25) is 0 Å². The fourth-order valence-electron chi connectivity index (χ4n) is 1.84. The van der Waals surface area contributed by atoms with E-state index in [1.54, 1.807) is 18.4 Å². The number of esters is 1. The summed E-state index contributed by atoms with van der Waals surface area (Å²) in [6, 6.07) is 7.59. The van der Waals surface area contributed by atoms with Gasteiger partial charge in [-0.3, -0.25) is 4.57 Å². The van der Waals surface area contributed by atoms with E-state index in [0.717, 1.165) is 10.2 Å². The van der Waals surface area contributed by atoms with Crippen LogP contribution in [0.5, 0.6) is 0 Å². The molecule has 2 rings (SSSR count). The quantitative estimate of drug-likeness (QED) is 0.881. The average Bonchev–Trinajstić information content (AvgIpc) is 2.66. The summed E-state index contributed by atoms with van der Waals surface area (Å²) in [5.41, 5.74) is 7.00.